The summed E-state index contributed by atoms with van der Waals surface area (Å²) < 4.78 is 4.97. The fourth-order valence-electron chi connectivity index (χ4n) is 3.30. The molecule has 1 heterocycles. The van der Waals surface area contributed by atoms with Crippen LogP contribution in [0.2, 0.25) is 0 Å². The van der Waals surface area contributed by atoms with Crippen LogP contribution in [0.1, 0.15) is 29.6 Å². The van der Waals surface area contributed by atoms with E-state index in [1.807, 2.05) is 4.90 Å². The van der Waals surface area contributed by atoms with E-state index >= 15 is 0 Å². The van der Waals surface area contributed by atoms with E-state index < -0.39 is 15.8 Å². The van der Waals surface area contributed by atoms with E-state index in [9.17, 15) is 25.0 Å². The largest absolute Gasteiger partial charge is 0.496 e. The van der Waals surface area contributed by atoms with Crippen molar-refractivity contribution in [1.29, 1.82) is 0 Å². The summed E-state index contributed by atoms with van der Waals surface area (Å²) in [6.07, 6.45) is 3.01. The number of nitro groups is 2. The van der Waals surface area contributed by atoms with Gasteiger partial charge in [-0.3, -0.25) is 25.0 Å². The van der Waals surface area contributed by atoms with Crippen molar-refractivity contribution in [2.24, 2.45) is 0 Å². The van der Waals surface area contributed by atoms with Crippen LogP contribution in [-0.2, 0) is 0 Å². The number of nitrogens with zero attached hydrogens (tertiary/aromatic N) is 3. The monoisotopic (exact) mass is 400 g/mol. The van der Waals surface area contributed by atoms with E-state index in [2.05, 4.69) is 5.32 Å². The summed E-state index contributed by atoms with van der Waals surface area (Å²) in [7, 11) is 1.38. The number of hydrogen-bond acceptors (Lipinski definition) is 7. The van der Waals surface area contributed by atoms with Crippen LogP contribution in [0.3, 0.4) is 0 Å². The molecule has 0 aromatic heterocycles. The lowest BCUT2D eigenvalue weighted by Crippen LogP contribution is -2.30. The number of amides is 1. The minimum absolute atomic E-state index is 0.0245. The molecule has 0 aliphatic carbocycles. The molecule has 152 valence electrons. The Hall–Kier alpha value is -3.69. The van der Waals surface area contributed by atoms with E-state index in [0.717, 1.165) is 32.4 Å². The SMILES string of the molecule is COc1ccc(NC(=O)c2ccc(N3CCCCC3)c([N+](=O)[O-])c2)c([N+](=O)[O-])c1. The van der Waals surface area contributed by atoms with Gasteiger partial charge in [0.05, 0.1) is 23.0 Å². The second-order valence-electron chi connectivity index (χ2n) is 6.60. The molecule has 0 bridgehead atoms. The molecule has 2 aromatic carbocycles. The highest BCUT2D eigenvalue weighted by atomic mass is 16.6. The normalized spacial score (nSPS) is 13.6. The van der Waals surface area contributed by atoms with Crippen molar-refractivity contribution in [1.82, 2.24) is 0 Å². The summed E-state index contributed by atoms with van der Waals surface area (Å²) in [5.74, 6) is -0.400. The summed E-state index contributed by atoms with van der Waals surface area (Å²) in [6, 6.07) is 8.27. The van der Waals surface area contributed by atoms with Crippen LogP contribution in [0.15, 0.2) is 36.4 Å². The Kier molecular flexibility index (Phi) is 5.91. The van der Waals surface area contributed by atoms with Gasteiger partial charge in [-0.05, 0) is 43.5 Å². The van der Waals surface area contributed by atoms with Gasteiger partial charge in [-0.15, -0.1) is 0 Å². The molecule has 10 heteroatoms. The summed E-state index contributed by atoms with van der Waals surface area (Å²) in [4.78, 5) is 36.2. The van der Waals surface area contributed by atoms with Gasteiger partial charge in [0.25, 0.3) is 17.3 Å². The van der Waals surface area contributed by atoms with Crippen molar-refractivity contribution in [3.05, 3.63) is 62.2 Å². The van der Waals surface area contributed by atoms with Crippen LogP contribution in [0.5, 0.6) is 5.75 Å². The Morgan fingerprint density at radius 3 is 2.31 bits per heavy atom. The Morgan fingerprint density at radius 2 is 1.69 bits per heavy atom. The molecular formula is C19H20N4O6. The average Bonchev–Trinajstić information content (AvgIpc) is 2.74. The lowest BCUT2D eigenvalue weighted by Gasteiger charge is -2.28. The zero-order valence-electron chi connectivity index (χ0n) is 15.8. The predicted molar refractivity (Wildman–Crippen MR) is 107 cm³/mol. The Balaban J connectivity index is 1.89. The van der Waals surface area contributed by atoms with Crippen molar-refractivity contribution < 1.29 is 19.4 Å². The van der Waals surface area contributed by atoms with Crippen molar-refractivity contribution in [3.63, 3.8) is 0 Å². The molecule has 10 nitrogen and oxygen atoms in total. The van der Waals surface area contributed by atoms with Crippen LogP contribution >= 0.6 is 0 Å². The van der Waals surface area contributed by atoms with Gasteiger partial charge in [0.1, 0.15) is 17.1 Å². The third-order valence-electron chi connectivity index (χ3n) is 4.78. The maximum atomic E-state index is 12.6. The van der Waals surface area contributed by atoms with Gasteiger partial charge in [0, 0.05) is 24.7 Å². The molecule has 0 saturated carbocycles. The number of carbonyl (C=O) groups excluding carboxylic acids is 1. The molecule has 0 radical (unpaired) electrons. The van der Waals surface area contributed by atoms with Gasteiger partial charge in [-0.1, -0.05) is 0 Å². The number of benzene rings is 2. The Bertz CT molecular complexity index is 956. The van der Waals surface area contributed by atoms with Gasteiger partial charge in [-0.2, -0.15) is 0 Å². The first-order valence-corrected chi connectivity index (χ1v) is 9.08. The van der Waals surface area contributed by atoms with Gasteiger partial charge in [0.15, 0.2) is 0 Å². The van der Waals surface area contributed by atoms with Crippen LogP contribution in [-0.4, -0.2) is 36.0 Å². The quantitative estimate of drug-likeness (QED) is 0.577. The number of carbonyl (C=O) groups is 1. The number of methoxy groups -OCH3 is 1. The fourth-order valence-corrected chi connectivity index (χ4v) is 3.30. The first-order chi connectivity index (χ1) is 13.9. The highest BCUT2D eigenvalue weighted by Gasteiger charge is 2.24. The molecule has 1 N–H and O–H groups in total. The summed E-state index contributed by atoms with van der Waals surface area (Å²) >= 11 is 0. The van der Waals surface area contributed by atoms with Crippen molar-refractivity contribution in [2.75, 3.05) is 30.4 Å². The van der Waals surface area contributed by atoms with Crippen molar-refractivity contribution in [3.8, 4) is 5.75 Å². The molecule has 1 aliphatic heterocycles. The fraction of sp³-hybridized carbons (Fsp3) is 0.316. The number of piperidine rings is 1. The highest BCUT2D eigenvalue weighted by molar-refractivity contribution is 6.06. The summed E-state index contributed by atoms with van der Waals surface area (Å²) in [6.45, 7) is 1.45. The molecule has 1 fully saturated rings. The van der Waals surface area contributed by atoms with Crippen LogP contribution in [0.25, 0.3) is 0 Å². The highest BCUT2D eigenvalue weighted by Crippen LogP contribution is 2.33. The standard InChI is InChI=1S/C19H20N4O6/c1-29-14-6-7-15(17(12-14)22(25)26)20-19(24)13-5-8-16(18(11-13)23(27)28)21-9-3-2-4-10-21/h5-8,11-12H,2-4,9-10H2,1H3,(H,20,24). The number of anilines is 2. The number of rotatable bonds is 6. The second-order valence-corrected chi connectivity index (χ2v) is 6.60. The van der Waals surface area contributed by atoms with E-state index in [4.69, 9.17) is 4.74 Å². The molecule has 0 spiro atoms. The molecule has 0 unspecified atom stereocenters. The zero-order valence-corrected chi connectivity index (χ0v) is 15.8. The molecule has 0 atom stereocenters. The molecule has 2 aromatic rings. The Morgan fingerprint density at radius 1 is 1.00 bits per heavy atom. The number of nitro benzene ring substituents is 2. The minimum Gasteiger partial charge on any atom is -0.496 e. The lowest BCUT2D eigenvalue weighted by molar-refractivity contribution is -0.384. The topological polar surface area (TPSA) is 128 Å². The van der Waals surface area contributed by atoms with E-state index in [0.29, 0.717) is 5.69 Å². The molecule has 1 aliphatic rings. The van der Waals surface area contributed by atoms with E-state index in [1.54, 1.807) is 6.07 Å². The molecular weight excluding hydrogens is 380 g/mol. The third-order valence-corrected chi connectivity index (χ3v) is 4.78. The number of hydrogen-bond donors (Lipinski definition) is 1. The summed E-state index contributed by atoms with van der Waals surface area (Å²) in [5.41, 5.74) is -0.00580. The van der Waals surface area contributed by atoms with Gasteiger partial charge in [0.2, 0.25) is 0 Å². The lowest BCUT2D eigenvalue weighted by atomic mass is 10.1. The van der Waals surface area contributed by atoms with Crippen molar-refractivity contribution >= 4 is 28.7 Å². The molecule has 29 heavy (non-hydrogen) atoms. The zero-order chi connectivity index (χ0) is 21.0. The van der Waals surface area contributed by atoms with Gasteiger partial charge >= 0.3 is 0 Å². The van der Waals surface area contributed by atoms with Gasteiger partial charge in [-0.25, -0.2) is 0 Å². The minimum atomic E-state index is -0.674. The number of ether oxygens (including phenoxy) is 1. The molecule has 1 saturated heterocycles. The smallest absolute Gasteiger partial charge is 0.296 e. The molecule has 3 rings (SSSR count). The van der Waals surface area contributed by atoms with E-state index in [1.165, 1.54) is 37.4 Å². The Labute approximate surface area is 166 Å². The predicted octanol–water partition coefficient (Wildman–Crippen LogP) is 3.75. The first kappa shape index (κ1) is 20.1. The maximum absolute atomic E-state index is 12.6. The molecule has 1 amide bonds. The third kappa shape index (κ3) is 4.42. The van der Waals surface area contributed by atoms with Crippen LogP contribution < -0.4 is 15.0 Å². The number of nitrogens with one attached hydrogen (secondary N) is 1. The van der Waals surface area contributed by atoms with Crippen molar-refractivity contribution in [2.45, 2.75) is 19.3 Å². The summed E-state index contributed by atoms with van der Waals surface area (Å²) in [5, 5.41) is 25.3. The average molecular weight is 400 g/mol. The van der Waals surface area contributed by atoms with Crippen LogP contribution in [0.4, 0.5) is 22.7 Å². The maximum Gasteiger partial charge on any atom is 0.296 e. The second kappa shape index (κ2) is 8.55. The van der Waals surface area contributed by atoms with Crippen LogP contribution in [0, 0.1) is 20.2 Å². The van der Waals surface area contributed by atoms with E-state index in [-0.39, 0.29) is 28.4 Å². The first-order valence-electron chi connectivity index (χ1n) is 9.08. The van der Waals surface area contributed by atoms with Gasteiger partial charge < -0.3 is 15.0 Å².